The van der Waals surface area contributed by atoms with E-state index in [2.05, 4.69) is 140 Å². The molecular formula is C41H40O2Si. The number of furan rings is 2. The lowest BCUT2D eigenvalue weighted by molar-refractivity contribution is 0.591. The van der Waals surface area contributed by atoms with E-state index in [1.54, 1.807) is 0 Å². The molecular weight excluding hydrogens is 553 g/mol. The molecule has 0 aliphatic carbocycles. The third kappa shape index (κ3) is 3.85. The van der Waals surface area contributed by atoms with Crippen molar-refractivity contribution in [3.05, 3.63) is 90.0 Å². The van der Waals surface area contributed by atoms with Crippen LogP contribution in [0.1, 0.15) is 52.7 Å². The van der Waals surface area contributed by atoms with Crippen LogP contribution in [0, 0.1) is 0 Å². The molecule has 0 spiro atoms. The van der Waals surface area contributed by atoms with Crippen LogP contribution in [0.15, 0.2) is 87.7 Å². The van der Waals surface area contributed by atoms with Crippen molar-refractivity contribution in [2.75, 3.05) is 0 Å². The van der Waals surface area contributed by atoms with Gasteiger partial charge in [0.2, 0.25) is 0 Å². The lowest BCUT2D eigenvalue weighted by atomic mass is 9.85. The van der Waals surface area contributed by atoms with Crippen LogP contribution in [0.5, 0.6) is 0 Å². The van der Waals surface area contributed by atoms with Gasteiger partial charge in [-0.05, 0) is 54.8 Å². The molecule has 0 aliphatic heterocycles. The fraction of sp³-hybridized carbons (Fsp3) is 0.268. The summed E-state index contributed by atoms with van der Waals surface area (Å²) in [7, 11) is -1.80. The van der Waals surface area contributed by atoms with E-state index < -0.39 is 8.07 Å². The maximum Gasteiger partial charge on any atom is 0.144 e. The van der Waals surface area contributed by atoms with Crippen molar-refractivity contribution in [3.8, 4) is 0 Å². The lowest BCUT2D eigenvalue weighted by Gasteiger charge is -2.21. The summed E-state index contributed by atoms with van der Waals surface area (Å²) in [6.07, 6.45) is 0. The quantitative estimate of drug-likeness (QED) is 0.177. The molecule has 8 aromatic rings. The number of hydrogen-bond donors (Lipinski definition) is 0. The molecule has 0 aliphatic rings. The van der Waals surface area contributed by atoms with Crippen molar-refractivity contribution < 1.29 is 8.83 Å². The maximum absolute atomic E-state index is 7.12. The Kier molecular flexibility index (Phi) is 5.47. The number of rotatable bonds is 1. The summed E-state index contributed by atoms with van der Waals surface area (Å²) in [5.41, 5.74) is 6.68. The van der Waals surface area contributed by atoms with E-state index in [0.29, 0.717) is 0 Å². The lowest BCUT2D eigenvalue weighted by Crippen LogP contribution is -2.37. The van der Waals surface area contributed by atoms with Crippen LogP contribution in [0.4, 0.5) is 0 Å². The van der Waals surface area contributed by atoms with Gasteiger partial charge < -0.3 is 8.83 Å². The first kappa shape index (κ1) is 27.5. The summed E-state index contributed by atoms with van der Waals surface area (Å²) >= 11 is 0. The van der Waals surface area contributed by atoms with Crippen molar-refractivity contribution in [2.45, 2.75) is 72.0 Å². The average molecular weight is 593 g/mol. The van der Waals surface area contributed by atoms with Crippen LogP contribution >= 0.6 is 0 Å². The summed E-state index contributed by atoms with van der Waals surface area (Å²) < 4.78 is 14.0. The van der Waals surface area contributed by atoms with E-state index in [-0.39, 0.29) is 10.8 Å². The summed E-state index contributed by atoms with van der Waals surface area (Å²) in [6.45, 7) is 21.0. The Hall–Kier alpha value is -4.08. The second-order valence-corrected chi connectivity index (χ2v) is 20.9. The molecule has 6 aromatic carbocycles. The van der Waals surface area contributed by atoms with Gasteiger partial charge in [0.05, 0.1) is 8.07 Å². The molecule has 2 nitrogen and oxygen atoms in total. The first-order valence-corrected chi connectivity index (χ1v) is 19.4. The van der Waals surface area contributed by atoms with Gasteiger partial charge in [-0.3, -0.25) is 0 Å². The topological polar surface area (TPSA) is 26.3 Å². The van der Waals surface area contributed by atoms with E-state index in [9.17, 15) is 0 Å². The summed E-state index contributed by atoms with van der Waals surface area (Å²) in [5.74, 6) is 0. The minimum Gasteiger partial charge on any atom is -0.455 e. The largest absolute Gasteiger partial charge is 0.455 e. The fourth-order valence-corrected chi connectivity index (χ4v) is 8.61. The highest BCUT2D eigenvalue weighted by molar-refractivity contribution is 6.90. The monoisotopic (exact) mass is 592 g/mol. The molecule has 8 rings (SSSR count). The van der Waals surface area contributed by atoms with Crippen LogP contribution < -0.4 is 5.19 Å². The zero-order valence-electron chi connectivity index (χ0n) is 27.3. The SMILES string of the molecule is CC(C)(C)c1ccc2c(ccc3oc4c5ccccc5c5oc6c([Si](C)(C)C)cc7cc(C(C)(C)C)ccc7c6c5c4c32)c1. The molecule has 0 unspecified atom stereocenters. The molecule has 0 fully saturated rings. The summed E-state index contributed by atoms with van der Waals surface area (Å²) in [5, 5.41) is 13.3. The van der Waals surface area contributed by atoms with Gasteiger partial charge in [0.15, 0.2) is 0 Å². The molecule has 0 N–H and O–H groups in total. The molecule has 0 bridgehead atoms. The van der Waals surface area contributed by atoms with E-state index in [1.807, 2.05) is 0 Å². The first-order chi connectivity index (χ1) is 20.7. The van der Waals surface area contributed by atoms with Gasteiger partial charge in [0, 0.05) is 32.3 Å². The predicted octanol–water partition coefficient (Wildman–Crippen LogP) is 12.1. The Labute approximate surface area is 259 Å². The van der Waals surface area contributed by atoms with Crippen LogP contribution in [0.3, 0.4) is 0 Å². The van der Waals surface area contributed by atoms with Gasteiger partial charge >= 0.3 is 0 Å². The zero-order chi connectivity index (χ0) is 30.9. The van der Waals surface area contributed by atoms with Crippen LogP contribution in [0.2, 0.25) is 19.6 Å². The van der Waals surface area contributed by atoms with Crippen molar-refractivity contribution in [3.63, 3.8) is 0 Å². The highest BCUT2D eigenvalue weighted by Crippen LogP contribution is 2.48. The Bertz CT molecular complexity index is 2480. The Morgan fingerprint density at radius 2 is 1.02 bits per heavy atom. The van der Waals surface area contributed by atoms with E-state index in [0.717, 1.165) is 38.5 Å². The van der Waals surface area contributed by atoms with Gasteiger partial charge in [0.1, 0.15) is 22.3 Å². The third-order valence-electron chi connectivity index (χ3n) is 9.65. The van der Waals surface area contributed by atoms with E-state index in [1.165, 1.54) is 54.0 Å². The maximum atomic E-state index is 7.12. The summed E-state index contributed by atoms with van der Waals surface area (Å²) in [4.78, 5) is 0. The molecule has 220 valence electrons. The van der Waals surface area contributed by atoms with Gasteiger partial charge in [-0.15, -0.1) is 0 Å². The van der Waals surface area contributed by atoms with Gasteiger partial charge in [-0.25, -0.2) is 0 Å². The average Bonchev–Trinajstić information content (AvgIpc) is 3.54. The molecule has 0 saturated carbocycles. The minimum atomic E-state index is -1.80. The Morgan fingerprint density at radius 3 is 1.61 bits per heavy atom. The van der Waals surface area contributed by atoms with E-state index >= 15 is 0 Å². The van der Waals surface area contributed by atoms with Crippen LogP contribution in [0.25, 0.3) is 76.2 Å². The Balaban J connectivity index is 1.67. The van der Waals surface area contributed by atoms with Crippen molar-refractivity contribution >= 4 is 89.5 Å². The number of benzene rings is 6. The van der Waals surface area contributed by atoms with Gasteiger partial charge in [0.25, 0.3) is 0 Å². The van der Waals surface area contributed by atoms with Crippen molar-refractivity contribution in [1.29, 1.82) is 0 Å². The molecule has 0 atom stereocenters. The highest BCUT2D eigenvalue weighted by atomic mass is 28.3. The normalized spacial score (nSPS) is 13.6. The molecule has 0 saturated heterocycles. The molecule has 44 heavy (non-hydrogen) atoms. The zero-order valence-corrected chi connectivity index (χ0v) is 28.3. The third-order valence-corrected chi connectivity index (χ3v) is 11.6. The van der Waals surface area contributed by atoms with Crippen molar-refractivity contribution in [1.82, 2.24) is 0 Å². The molecule has 2 heterocycles. The first-order valence-electron chi connectivity index (χ1n) is 15.9. The standard InChI is InChI=1S/C41H40O2Si/c1-40(2,3)25-15-17-27-23(20-25)14-19-31-33(27)35-36-34-28-18-16-26(41(4,5)6)21-24(28)22-32(44(7,8)9)39(34)43-38(36)30-13-11-10-12-29(30)37(35)42-31/h10-22H,1-9H3. The molecule has 3 heteroatoms. The highest BCUT2D eigenvalue weighted by Gasteiger charge is 2.29. The Morgan fingerprint density at radius 1 is 0.477 bits per heavy atom. The fourth-order valence-electron chi connectivity index (χ4n) is 7.16. The molecule has 0 radical (unpaired) electrons. The molecule has 0 amide bonds. The predicted molar refractivity (Wildman–Crippen MR) is 194 cm³/mol. The second-order valence-electron chi connectivity index (χ2n) is 15.8. The second kappa shape index (κ2) is 8.76. The van der Waals surface area contributed by atoms with E-state index in [4.69, 9.17) is 8.83 Å². The minimum absolute atomic E-state index is 0.0655. The van der Waals surface area contributed by atoms with Gasteiger partial charge in [-0.1, -0.05) is 134 Å². The smallest absolute Gasteiger partial charge is 0.144 e. The van der Waals surface area contributed by atoms with Crippen LogP contribution in [-0.2, 0) is 10.8 Å². The molecule has 2 aromatic heterocycles. The van der Waals surface area contributed by atoms with Crippen LogP contribution in [-0.4, -0.2) is 8.07 Å². The van der Waals surface area contributed by atoms with Gasteiger partial charge in [-0.2, -0.15) is 0 Å². The number of fused-ring (bicyclic) bond motifs is 14. The number of hydrogen-bond acceptors (Lipinski definition) is 2. The summed E-state index contributed by atoms with van der Waals surface area (Å²) in [6, 6.07) is 29.4. The van der Waals surface area contributed by atoms with Crippen molar-refractivity contribution in [2.24, 2.45) is 0 Å².